The summed E-state index contributed by atoms with van der Waals surface area (Å²) in [6, 6.07) is 6.92. The van der Waals surface area contributed by atoms with E-state index < -0.39 is 5.76 Å². The van der Waals surface area contributed by atoms with Crippen molar-refractivity contribution in [2.24, 2.45) is 0 Å². The van der Waals surface area contributed by atoms with Crippen molar-refractivity contribution in [1.82, 2.24) is 14.5 Å². The van der Waals surface area contributed by atoms with Crippen molar-refractivity contribution in [3.63, 3.8) is 0 Å². The van der Waals surface area contributed by atoms with Gasteiger partial charge in [-0.2, -0.15) is 0 Å². The van der Waals surface area contributed by atoms with Crippen LogP contribution in [0.5, 0.6) is 0 Å². The summed E-state index contributed by atoms with van der Waals surface area (Å²) in [6.45, 7) is 1.86. The third kappa shape index (κ3) is 2.55. The number of aromatic nitrogens is 2. The Kier molecular flexibility index (Phi) is 3.81. The molecule has 0 saturated carbocycles. The minimum Gasteiger partial charge on any atom is -0.408 e. The largest absolute Gasteiger partial charge is 0.420 e. The molecule has 0 saturated heterocycles. The Bertz CT molecular complexity index is 850. The Hall–Kier alpha value is -2.41. The lowest BCUT2D eigenvalue weighted by Gasteiger charge is -2.23. The molecule has 6 nitrogen and oxygen atoms in total. The normalized spacial score (nSPS) is 12.5. The maximum atomic E-state index is 12.4. The summed E-state index contributed by atoms with van der Waals surface area (Å²) >= 11 is 1.50. The van der Waals surface area contributed by atoms with Gasteiger partial charge in [-0.1, -0.05) is 12.1 Å². The number of hydrogen-bond acceptors (Lipinski definition) is 5. The van der Waals surface area contributed by atoms with Crippen molar-refractivity contribution in [3.8, 4) is 0 Å². The molecule has 0 bridgehead atoms. The van der Waals surface area contributed by atoms with Gasteiger partial charge in [0, 0.05) is 18.6 Å². The van der Waals surface area contributed by atoms with Crippen molar-refractivity contribution in [1.29, 1.82) is 0 Å². The Morgan fingerprint density at radius 2 is 2.23 bits per heavy atom. The number of amides is 1. The van der Waals surface area contributed by atoms with Crippen LogP contribution in [0.15, 0.2) is 45.1 Å². The molecule has 1 atom stereocenters. The van der Waals surface area contributed by atoms with Gasteiger partial charge in [-0.05, 0) is 19.1 Å². The fraction of sp³-hybridized carbons (Fsp3) is 0.267. The fourth-order valence-electron chi connectivity index (χ4n) is 2.23. The van der Waals surface area contributed by atoms with E-state index in [9.17, 15) is 9.59 Å². The zero-order chi connectivity index (χ0) is 15.7. The van der Waals surface area contributed by atoms with Gasteiger partial charge in [0.25, 0.3) is 0 Å². The standard InChI is InChI=1S/C15H15N3O3S/c1-10(14-16-7-8-22-14)17(2)13(19)9-18-11-5-3-4-6-12(11)21-15(18)20/h3-8,10H,9H2,1-2H3/t10-/m0/s1. The van der Waals surface area contributed by atoms with E-state index in [1.165, 1.54) is 15.9 Å². The van der Waals surface area contributed by atoms with Gasteiger partial charge in [0.2, 0.25) is 5.91 Å². The SMILES string of the molecule is C[C@@H](c1nccs1)N(C)C(=O)Cn1c(=O)oc2ccccc21. The average molecular weight is 317 g/mol. The molecule has 0 aliphatic carbocycles. The van der Waals surface area contributed by atoms with Crippen molar-refractivity contribution in [3.05, 3.63) is 51.4 Å². The number of carbonyl (C=O) groups is 1. The van der Waals surface area contributed by atoms with E-state index in [0.29, 0.717) is 11.1 Å². The quantitative estimate of drug-likeness (QED) is 0.740. The third-order valence-electron chi connectivity index (χ3n) is 3.65. The number of benzene rings is 1. The minimum absolute atomic E-state index is 0.0535. The van der Waals surface area contributed by atoms with Crippen LogP contribution in [0.2, 0.25) is 0 Å². The van der Waals surface area contributed by atoms with Crippen LogP contribution in [0.1, 0.15) is 18.0 Å². The molecule has 0 radical (unpaired) electrons. The van der Waals surface area contributed by atoms with E-state index in [-0.39, 0.29) is 18.5 Å². The van der Waals surface area contributed by atoms with Crippen molar-refractivity contribution in [2.75, 3.05) is 7.05 Å². The summed E-state index contributed by atoms with van der Waals surface area (Å²) in [5, 5.41) is 2.73. The molecule has 1 amide bonds. The summed E-state index contributed by atoms with van der Waals surface area (Å²) < 4.78 is 6.49. The molecule has 1 aromatic carbocycles. The number of fused-ring (bicyclic) bond motifs is 1. The van der Waals surface area contributed by atoms with E-state index in [1.807, 2.05) is 12.3 Å². The van der Waals surface area contributed by atoms with Crippen molar-refractivity contribution in [2.45, 2.75) is 19.5 Å². The van der Waals surface area contributed by atoms with Gasteiger partial charge in [0.1, 0.15) is 11.6 Å². The molecular weight excluding hydrogens is 302 g/mol. The molecule has 0 aliphatic heterocycles. The Morgan fingerprint density at radius 1 is 1.45 bits per heavy atom. The van der Waals surface area contributed by atoms with Gasteiger partial charge < -0.3 is 9.32 Å². The highest BCUT2D eigenvalue weighted by atomic mass is 32.1. The molecule has 0 unspecified atom stereocenters. The van der Waals surface area contributed by atoms with E-state index in [0.717, 1.165) is 5.01 Å². The van der Waals surface area contributed by atoms with Crippen molar-refractivity contribution >= 4 is 28.3 Å². The van der Waals surface area contributed by atoms with Gasteiger partial charge in [0.05, 0.1) is 11.6 Å². The zero-order valence-corrected chi connectivity index (χ0v) is 13.0. The van der Waals surface area contributed by atoms with Gasteiger partial charge in [-0.25, -0.2) is 9.78 Å². The van der Waals surface area contributed by atoms with Gasteiger partial charge in [0.15, 0.2) is 5.58 Å². The predicted octanol–water partition coefficient (Wildman–Crippen LogP) is 2.27. The van der Waals surface area contributed by atoms with Gasteiger partial charge in [-0.15, -0.1) is 11.3 Å². The van der Waals surface area contributed by atoms with E-state index in [4.69, 9.17) is 4.42 Å². The predicted molar refractivity (Wildman–Crippen MR) is 83.8 cm³/mol. The second kappa shape index (κ2) is 5.76. The summed E-state index contributed by atoms with van der Waals surface area (Å²) in [4.78, 5) is 30.2. The van der Waals surface area contributed by atoms with Crippen LogP contribution in [-0.4, -0.2) is 27.4 Å². The van der Waals surface area contributed by atoms with Crippen LogP contribution in [0, 0.1) is 0 Å². The highest BCUT2D eigenvalue weighted by Gasteiger charge is 2.21. The maximum absolute atomic E-state index is 12.4. The Balaban J connectivity index is 1.84. The molecule has 0 N–H and O–H groups in total. The van der Waals surface area contributed by atoms with Crippen LogP contribution >= 0.6 is 11.3 Å². The number of hydrogen-bond donors (Lipinski definition) is 0. The molecule has 0 spiro atoms. The molecule has 2 heterocycles. The first kappa shape index (κ1) is 14.5. The first-order valence-corrected chi connectivity index (χ1v) is 7.69. The second-order valence-corrected chi connectivity index (χ2v) is 5.90. The second-order valence-electron chi connectivity index (χ2n) is 4.97. The number of likely N-dealkylation sites (N-methyl/N-ethyl adjacent to an activating group) is 1. The van der Waals surface area contributed by atoms with Crippen LogP contribution in [0.3, 0.4) is 0 Å². The summed E-state index contributed by atoms with van der Waals surface area (Å²) in [7, 11) is 1.71. The lowest BCUT2D eigenvalue weighted by molar-refractivity contribution is -0.132. The first-order chi connectivity index (χ1) is 10.6. The molecular formula is C15H15N3O3S. The number of thiazole rings is 1. The highest BCUT2D eigenvalue weighted by Crippen LogP contribution is 2.21. The molecule has 3 rings (SSSR count). The average Bonchev–Trinajstić information content (AvgIpc) is 3.15. The van der Waals surface area contributed by atoms with Gasteiger partial charge >= 0.3 is 5.76 Å². The van der Waals surface area contributed by atoms with Gasteiger partial charge in [-0.3, -0.25) is 9.36 Å². The number of oxazole rings is 1. The molecule has 0 aliphatic rings. The zero-order valence-electron chi connectivity index (χ0n) is 12.2. The third-order valence-corrected chi connectivity index (χ3v) is 4.60. The first-order valence-electron chi connectivity index (χ1n) is 6.81. The number of para-hydroxylation sites is 2. The Morgan fingerprint density at radius 3 is 2.95 bits per heavy atom. The van der Waals surface area contributed by atoms with E-state index >= 15 is 0 Å². The van der Waals surface area contributed by atoms with Crippen LogP contribution < -0.4 is 5.76 Å². The molecule has 2 aromatic heterocycles. The Labute approximate surface area is 130 Å². The number of rotatable bonds is 4. The monoisotopic (exact) mass is 317 g/mol. The van der Waals surface area contributed by atoms with E-state index in [2.05, 4.69) is 4.98 Å². The topological polar surface area (TPSA) is 68.3 Å². The van der Waals surface area contributed by atoms with Crippen LogP contribution in [0.25, 0.3) is 11.1 Å². The maximum Gasteiger partial charge on any atom is 0.420 e. The smallest absolute Gasteiger partial charge is 0.408 e. The lowest BCUT2D eigenvalue weighted by atomic mass is 10.3. The van der Waals surface area contributed by atoms with Crippen LogP contribution in [0.4, 0.5) is 0 Å². The number of nitrogens with zero attached hydrogens (tertiary/aromatic N) is 3. The number of carbonyl (C=O) groups excluding carboxylic acids is 1. The minimum atomic E-state index is -0.523. The fourth-order valence-corrected chi connectivity index (χ4v) is 2.97. The summed E-state index contributed by atoms with van der Waals surface area (Å²) in [6.07, 6.45) is 1.71. The molecule has 3 aromatic rings. The summed E-state index contributed by atoms with van der Waals surface area (Å²) in [5.74, 6) is -0.693. The summed E-state index contributed by atoms with van der Waals surface area (Å²) in [5.41, 5.74) is 1.10. The van der Waals surface area contributed by atoms with Crippen LogP contribution in [-0.2, 0) is 11.3 Å². The van der Waals surface area contributed by atoms with Crippen molar-refractivity contribution < 1.29 is 9.21 Å². The molecule has 0 fully saturated rings. The molecule has 7 heteroatoms. The lowest BCUT2D eigenvalue weighted by Crippen LogP contribution is -2.34. The van der Waals surface area contributed by atoms with E-state index in [1.54, 1.807) is 42.4 Å². The molecule has 22 heavy (non-hydrogen) atoms. The molecule has 114 valence electrons. The highest BCUT2D eigenvalue weighted by molar-refractivity contribution is 7.09.